The Morgan fingerprint density at radius 3 is 2.07 bits per heavy atom. The Morgan fingerprint density at radius 1 is 1.00 bits per heavy atom. The van der Waals surface area contributed by atoms with E-state index in [1.165, 1.54) is 4.68 Å². The van der Waals surface area contributed by atoms with Crippen LogP contribution in [0.15, 0.2) is 15.6 Å². The maximum atomic E-state index is 12.9. The standard InChI is InChI=1S/C19H34BrN3O3Si2/c1-15-17-16(22(18(15)20)13-25-8-10-27(2,3)4)12-21-23(19(17)24)14-26-9-11-28(5,6)7/h12H,8-11,13-14H2,1-7H3. The Bertz CT molecular complexity index is 866. The molecule has 0 aromatic carbocycles. The molecular formula is C19H34BrN3O3Si2. The van der Waals surface area contributed by atoms with E-state index in [0.717, 1.165) is 34.4 Å². The van der Waals surface area contributed by atoms with Crippen molar-refractivity contribution in [3.8, 4) is 0 Å². The zero-order chi connectivity index (χ0) is 21.1. The highest BCUT2D eigenvalue weighted by Gasteiger charge is 2.18. The van der Waals surface area contributed by atoms with Crippen molar-refractivity contribution in [2.45, 2.75) is 71.8 Å². The summed E-state index contributed by atoms with van der Waals surface area (Å²) in [4.78, 5) is 12.9. The molecule has 0 unspecified atom stereocenters. The van der Waals surface area contributed by atoms with Crippen molar-refractivity contribution in [3.05, 3.63) is 26.7 Å². The van der Waals surface area contributed by atoms with E-state index < -0.39 is 16.1 Å². The van der Waals surface area contributed by atoms with Gasteiger partial charge in [0.2, 0.25) is 0 Å². The maximum absolute atomic E-state index is 12.9. The average Bonchev–Trinajstić information content (AvgIpc) is 2.80. The first-order valence-corrected chi connectivity index (χ1v) is 18.0. The monoisotopic (exact) mass is 487 g/mol. The van der Waals surface area contributed by atoms with Gasteiger partial charge < -0.3 is 14.0 Å². The van der Waals surface area contributed by atoms with Crippen molar-refractivity contribution in [3.63, 3.8) is 0 Å². The molecule has 2 rings (SSSR count). The Hall–Kier alpha value is -0.746. The van der Waals surface area contributed by atoms with Crippen LogP contribution < -0.4 is 5.56 Å². The van der Waals surface area contributed by atoms with Gasteiger partial charge in [-0.3, -0.25) is 4.79 Å². The van der Waals surface area contributed by atoms with Crippen LogP contribution in [-0.2, 0) is 22.9 Å². The van der Waals surface area contributed by atoms with E-state index in [9.17, 15) is 4.79 Å². The molecule has 2 aromatic heterocycles. The first kappa shape index (κ1) is 23.5. The average molecular weight is 489 g/mol. The third-order valence-electron chi connectivity index (χ3n) is 4.66. The van der Waals surface area contributed by atoms with Gasteiger partial charge in [0.05, 0.1) is 21.7 Å². The lowest BCUT2D eigenvalue weighted by atomic mass is 10.2. The predicted molar refractivity (Wildman–Crippen MR) is 125 cm³/mol. The fourth-order valence-corrected chi connectivity index (χ4v) is 4.74. The fourth-order valence-electron chi connectivity index (χ4n) is 2.73. The van der Waals surface area contributed by atoms with E-state index >= 15 is 0 Å². The number of halogens is 1. The summed E-state index contributed by atoms with van der Waals surface area (Å²) in [7, 11) is -2.27. The van der Waals surface area contributed by atoms with Crippen LogP contribution >= 0.6 is 15.9 Å². The number of rotatable bonds is 10. The summed E-state index contributed by atoms with van der Waals surface area (Å²) in [5, 5.41) is 4.99. The number of fused-ring (bicyclic) bond motifs is 1. The molecule has 0 amide bonds. The maximum Gasteiger partial charge on any atom is 0.278 e. The lowest BCUT2D eigenvalue weighted by Gasteiger charge is -2.16. The molecule has 0 aliphatic heterocycles. The van der Waals surface area contributed by atoms with Gasteiger partial charge in [-0.1, -0.05) is 39.3 Å². The molecule has 2 aromatic rings. The molecular weight excluding hydrogens is 454 g/mol. The minimum absolute atomic E-state index is 0.121. The van der Waals surface area contributed by atoms with E-state index in [-0.39, 0.29) is 12.3 Å². The molecule has 0 aliphatic carbocycles. The highest BCUT2D eigenvalue weighted by atomic mass is 79.9. The Balaban J connectivity index is 2.14. The van der Waals surface area contributed by atoms with Crippen LogP contribution in [0.25, 0.3) is 10.9 Å². The van der Waals surface area contributed by atoms with Gasteiger partial charge in [-0.05, 0) is 40.5 Å². The molecule has 0 spiro atoms. The lowest BCUT2D eigenvalue weighted by molar-refractivity contribution is 0.0752. The summed E-state index contributed by atoms with van der Waals surface area (Å²) >= 11 is 3.62. The van der Waals surface area contributed by atoms with Crippen LogP contribution in [0.1, 0.15) is 5.56 Å². The second-order valence-electron chi connectivity index (χ2n) is 9.75. The summed E-state index contributed by atoms with van der Waals surface area (Å²) < 4.78 is 15.8. The topological polar surface area (TPSA) is 58.3 Å². The van der Waals surface area contributed by atoms with Crippen molar-refractivity contribution < 1.29 is 9.47 Å². The normalized spacial score (nSPS) is 12.9. The molecule has 0 fully saturated rings. The Kier molecular flexibility index (Phi) is 7.88. The molecule has 0 radical (unpaired) electrons. The highest BCUT2D eigenvalue weighted by molar-refractivity contribution is 9.10. The molecule has 0 saturated carbocycles. The SMILES string of the molecule is Cc1c(Br)n(COCC[Si](C)(C)C)c2cnn(COCC[Si](C)(C)C)c(=O)c12. The molecule has 6 nitrogen and oxygen atoms in total. The smallest absolute Gasteiger partial charge is 0.278 e. The number of nitrogens with zero attached hydrogens (tertiary/aromatic N) is 3. The van der Waals surface area contributed by atoms with Crippen LogP contribution in [0.4, 0.5) is 0 Å². The number of aromatic nitrogens is 3. The minimum atomic E-state index is -1.15. The zero-order valence-electron chi connectivity index (χ0n) is 18.3. The van der Waals surface area contributed by atoms with E-state index in [1.807, 2.05) is 11.5 Å². The number of hydrogen-bond acceptors (Lipinski definition) is 4. The van der Waals surface area contributed by atoms with Crippen LogP contribution in [0.3, 0.4) is 0 Å². The Labute approximate surface area is 178 Å². The van der Waals surface area contributed by atoms with Crippen molar-refractivity contribution in [2.24, 2.45) is 0 Å². The fraction of sp³-hybridized carbons (Fsp3) is 0.684. The summed E-state index contributed by atoms with van der Waals surface area (Å²) in [6, 6.07) is 2.18. The molecule has 158 valence electrons. The van der Waals surface area contributed by atoms with Crippen LogP contribution in [0.5, 0.6) is 0 Å². The first-order valence-electron chi connectivity index (χ1n) is 9.81. The van der Waals surface area contributed by atoms with Crippen molar-refractivity contribution in [1.29, 1.82) is 0 Å². The second-order valence-corrected chi connectivity index (χ2v) is 21.7. The van der Waals surface area contributed by atoms with Gasteiger partial charge in [0.15, 0.2) is 0 Å². The molecule has 0 bridgehead atoms. The largest absolute Gasteiger partial charge is 0.361 e. The van der Waals surface area contributed by atoms with Gasteiger partial charge in [-0.25, -0.2) is 4.68 Å². The van der Waals surface area contributed by atoms with Gasteiger partial charge in [-0.15, -0.1) is 0 Å². The van der Waals surface area contributed by atoms with E-state index in [1.54, 1.807) is 6.20 Å². The quantitative estimate of drug-likeness (QED) is 0.353. The molecule has 9 heteroatoms. The van der Waals surface area contributed by atoms with Crippen molar-refractivity contribution in [1.82, 2.24) is 14.3 Å². The molecule has 28 heavy (non-hydrogen) atoms. The van der Waals surface area contributed by atoms with Gasteiger partial charge in [0, 0.05) is 29.4 Å². The van der Waals surface area contributed by atoms with E-state index in [2.05, 4.69) is 60.3 Å². The summed E-state index contributed by atoms with van der Waals surface area (Å²) in [6.45, 7) is 17.9. The Morgan fingerprint density at radius 2 is 1.54 bits per heavy atom. The number of ether oxygens (including phenoxy) is 2. The number of aryl methyl sites for hydroxylation is 1. The van der Waals surface area contributed by atoms with Crippen LogP contribution in [-0.4, -0.2) is 43.7 Å². The second kappa shape index (κ2) is 9.38. The molecule has 0 atom stereocenters. The van der Waals surface area contributed by atoms with Crippen LogP contribution in [0.2, 0.25) is 51.4 Å². The highest BCUT2D eigenvalue weighted by Crippen LogP contribution is 2.27. The zero-order valence-corrected chi connectivity index (χ0v) is 21.9. The summed E-state index contributed by atoms with van der Waals surface area (Å²) in [5.41, 5.74) is 1.58. The van der Waals surface area contributed by atoms with Gasteiger partial charge in [0.25, 0.3) is 5.56 Å². The third kappa shape index (κ3) is 6.38. The molecule has 0 aliphatic rings. The van der Waals surface area contributed by atoms with Crippen LogP contribution in [0, 0.1) is 6.92 Å². The summed E-state index contributed by atoms with van der Waals surface area (Å²) in [6.07, 6.45) is 1.73. The molecule has 0 N–H and O–H groups in total. The predicted octanol–water partition coefficient (Wildman–Crippen LogP) is 4.89. The third-order valence-corrected chi connectivity index (χ3v) is 9.09. The van der Waals surface area contributed by atoms with E-state index in [4.69, 9.17) is 9.47 Å². The van der Waals surface area contributed by atoms with Gasteiger partial charge in [0.1, 0.15) is 13.5 Å². The first-order chi connectivity index (χ1) is 12.9. The van der Waals surface area contributed by atoms with Gasteiger partial charge >= 0.3 is 0 Å². The molecule has 0 saturated heterocycles. The number of hydrogen-bond donors (Lipinski definition) is 0. The van der Waals surface area contributed by atoms with E-state index in [0.29, 0.717) is 18.7 Å². The van der Waals surface area contributed by atoms with Gasteiger partial charge in [-0.2, -0.15) is 5.10 Å². The van der Waals surface area contributed by atoms with Crippen molar-refractivity contribution >= 4 is 43.0 Å². The molecule has 2 heterocycles. The van der Waals surface area contributed by atoms with Crippen molar-refractivity contribution in [2.75, 3.05) is 13.2 Å². The summed E-state index contributed by atoms with van der Waals surface area (Å²) in [5.74, 6) is 0. The minimum Gasteiger partial charge on any atom is -0.361 e. The lowest BCUT2D eigenvalue weighted by Crippen LogP contribution is -2.26.